The van der Waals surface area contributed by atoms with Crippen molar-refractivity contribution in [2.24, 2.45) is 5.73 Å². The lowest BCUT2D eigenvalue weighted by Crippen LogP contribution is -2.26. The molecule has 0 saturated carbocycles. The second-order valence-electron chi connectivity index (χ2n) is 3.89. The lowest BCUT2D eigenvalue weighted by molar-refractivity contribution is -0.124. The number of amides is 1. The molecule has 0 aliphatic carbocycles. The first-order valence-electron chi connectivity index (χ1n) is 5.51. The average molecular weight is 220 g/mol. The molecule has 3 N–H and O–H groups in total. The molecule has 1 unspecified atom stereocenters. The van der Waals surface area contributed by atoms with Crippen LogP contribution in [0.5, 0.6) is 0 Å². The zero-order valence-electron chi connectivity index (χ0n) is 9.11. The quantitative estimate of drug-likeness (QED) is 0.806. The minimum atomic E-state index is -0.283. The number of nitrogens with one attached hydrogen (secondary N) is 1. The SMILES string of the molecule is NCc1ccc(NC(=O)C2CCCO2)cc1. The molecule has 1 aromatic carbocycles. The molecule has 1 fully saturated rings. The van der Waals surface area contributed by atoms with Gasteiger partial charge in [-0.25, -0.2) is 0 Å². The van der Waals surface area contributed by atoms with Crippen molar-refractivity contribution in [3.05, 3.63) is 29.8 Å². The summed E-state index contributed by atoms with van der Waals surface area (Å²) < 4.78 is 5.30. The van der Waals surface area contributed by atoms with Gasteiger partial charge < -0.3 is 15.8 Å². The highest BCUT2D eigenvalue weighted by atomic mass is 16.5. The molecular formula is C12H16N2O2. The largest absolute Gasteiger partial charge is 0.368 e. The lowest BCUT2D eigenvalue weighted by atomic mass is 10.2. The van der Waals surface area contributed by atoms with Crippen LogP contribution in [0.4, 0.5) is 5.69 Å². The molecule has 1 saturated heterocycles. The number of anilines is 1. The Balaban J connectivity index is 1.94. The molecule has 1 aliphatic heterocycles. The summed E-state index contributed by atoms with van der Waals surface area (Å²) in [5, 5.41) is 2.83. The fourth-order valence-electron chi connectivity index (χ4n) is 1.73. The van der Waals surface area contributed by atoms with E-state index in [9.17, 15) is 4.79 Å². The van der Waals surface area contributed by atoms with Crippen LogP contribution in [0, 0.1) is 0 Å². The van der Waals surface area contributed by atoms with Gasteiger partial charge in [-0.15, -0.1) is 0 Å². The van der Waals surface area contributed by atoms with E-state index in [0.29, 0.717) is 13.2 Å². The molecule has 1 heterocycles. The number of nitrogens with two attached hydrogens (primary N) is 1. The monoisotopic (exact) mass is 220 g/mol. The number of hydrogen-bond donors (Lipinski definition) is 2. The molecule has 16 heavy (non-hydrogen) atoms. The maximum Gasteiger partial charge on any atom is 0.253 e. The predicted octanol–water partition coefficient (Wildman–Crippen LogP) is 1.26. The normalized spacial score (nSPS) is 19.7. The Morgan fingerprint density at radius 1 is 1.44 bits per heavy atom. The van der Waals surface area contributed by atoms with Crippen LogP contribution in [0.15, 0.2) is 24.3 Å². The molecule has 0 radical (unpaired) electrons. The van der Waals surface area contributed by atoms with Crippen molar-refractivity contribution in [1.82, 2.24) is 0 Å². The van der Waals surface area contributed by atoms with Crippen LogP contribution in [0.2, 0.25) is 0 Å². The maximum absolute atomic E-state index is 11.7. The van der Waals surface area contributed by atoms with E-state index in [1.165, 1.54) is 0 Å². The van der Waals surface area contributed by atoms with Crippen LogP contribution < -0.4 is 11.1 Å². The van der Waals surface area contributed by atoms with Crippen molar-refractivity contribution in [2.75, 3.05) is 11.9 Å². The van der Waals surface area contributed by atoms with E-state index in [-0.39, 0.29) is 12.0 Å². The second-order valence-corrected chi connectivity index (χ2v) is 3.89. The van der Waals surface area contributed by atoms with Crippen LogP contribution in [0.25, 0.3) is 0 Å². The molecule has 0 aromatic heterocycles. The second kappa shape index (κ2) is 5.09. The summed E-state index contributed by atoms with van der Waals surface area (Å²) in [4.78, 5) is 11.7. The molecule has 1 amide bonds. The van der Waals surface area contributed by atoms with E-state index in [0.717, 1.165) is 24.1 Å². The van der Waals surface area contributed by atoms with Gasteiger partial charge in [-0.1, -0.05) is 12.1 Å². The first-order chi connectivity index (χ1) is 7.79. The van der Waals surface area contributed by atoms with Crippen LogP contribution in [0.1, 0.15) is 18.4 Å². The van der Waals surface area contributed by atoms with E-state index < -0.39 is 0 Å². The van der Waals surface area contributed by atoms with Crippen molar-refractivity contribution in [1.29, 1.82) is 0 Å². The molecule has 0 bridgehead atoms. The molecule has 1 aromatic rings. The third-order valence-electron chi connectivity index (χ3n) is 2.68. The van der Waals surface area contributed by atoms with Crippen molar-refractivity contribution in [2.45, 2.75) is 25.5 Å². The highest BCUT2D eigenvalue weighted by Gasteiger charge is 2.23. The summed E-state index contributed by atoms with van der Waals surface area (Å²) in [7, 11) is 0. The Labute approximate surface area is 94.8 Å². The summed E-state index contributed by atoms with van der Waals surface area (Å²) in [6.07, 6.45) is 1.49. The zero-order chi connectivity index (χ0) is 11.4. The summed E-state index contributed by atoms with van der Waals surface area (Å²) >= 11 is 0. The Morgan fingerprint density at radius 2 is 2.19 bits per heavy atom. The molecule has 4 nitrogen and oxygen atoms in total. The Morgan fingerprint density at radius 3 is 2.75 bits per heavy atom. The Kier molecular flexibility index (Phi) is 3.54. The van der Waals surface area contributed by atoms with Gasteiger partial charge in [-0.3, -0.25) is 4.79 Å². The van der Waals surface area contributed by atoms with Crippen LogP contribution >= 0.6 is 0 Å². The van der Waals surface area contributed by atoms with Gasteiger partial charge in [-0.2, -0.15) is 0 Å². The third-order valence-corrected chi connectivity index (χ3v) is 2.68. The highest BCUT2D eigenvalue weighted by molar-refractivity contribution is 5.94. The number of benzene rings is 1. The van der Waals surface area contributed by atoms with Gasteiger partial charge in [0.05, 0.1) is 0 Å². The summed E-state index contributed by atoms with van der Waals surface area (Å²) in [6, 6.07) is 7.53. The first kappa shape index (κ1) is 11.1. The average Bonchev–Trinajstić information content (AvgIpc) is 2.83. The third kappa shape index (κ3) is 2.59. The fraction of sp³-hybridized carbons (Fsp3) is 0.417. The van der Waals surface area contributed by atoms with Gasteiger partial charge in [0.15, 0.2) is 0 Å². The van der Waals surface area contributed by atoms with Crippen molar-refractivity contribution >= 4 is 11.6 Å². The number of carbonyl (C=O) groups excluding carboxylic acids is 1. The van der Waals surface area contributed by atoms with Crippen LogP contribution in [0.3, 0.4) is 0 Å². The maximum atomic E-state index is 11.7. The minimum Gasteiger partial charge on any atom is -0.368 e. The molecule has 2 rings (SSSR count). The topological polar surface area (TPSA) is 64.3 Å². The van der Waals surface area contributed by atoms with E-state index in [4.69, 9.17) is 10.5 Å². The Bertz CT molecular complexity index is 356. The van der Waals surface area contributed by atoms with Gasteiger partial charge in [0.2, 0.25) is 0 Å². The van der Waals surface area contributed by atoms with Gasteiger partial charge >= 0.3 is 0 Å². The van der Waals surface area contributed by atoms with Crippen LogP contribution in [-0.4, -0.2) is 18.6 Å². The van der Waals surface area contributed by atoms with Gasteiger partial charge in [0.1, 0.15) is 6.10 Å². The summed E-state index contributed by atoms with van der Waals surface area (Å²) in [5.41, 5.74) is 7.33. The minimum absolute atomic E-state index is 0.0574. The van der Waals surface area contributed by atoms with Crippen LogP contribution in [-0.2, 0) is 16.1 Å². The standard InChI is InChI=1S/C12H16N2O2/c13-8-9-3-5-10(6-4-9)14-12(15)11-2-1-7-16-11/h3-6,11H,1-2,7-8,13H2,(H,14,15). The molecule has 1 atom stereocenters. The highest BCUT2D eigenvalue weighted by Crippen LogP contribution is 2.15. The van der Waals surface area contributed by atoms with Gasteiger partial charge in [0, 0.05) is 18.8 Å². The first-order valence-corrected chi connectivity index (χ1v) is 5.51. The molecule has 1 aliphatic rings. The number of carbonyl (C=O) groups is 1. The van der Waals surface area contributed by atoms with Crippen molar-refractivity contribution in [3.8, 4) is 0 Å². The lowest BCUT2D eigenvalue weighted by Gasteiger charge is -2.10. The van der Waals surface area contributed by atoms with E-state index in [1.54, 1.807) is 0 Å². The van der Waals surface area contributed by atoms with E-state index in [2.05, 4.69) is 5.32 Å². The zero-order valence-corrected chi connectivity index (χ0v) is 9.11. The van der Waals surface area contributed by atoms with Crippen molar-refractivity contribution < 1.29 is 9.53 Å². The molecule has 4 heteroatoms. The molecule has 0 spiro atoms. The Hall–Kier alpha value is -1.39. The predicted molar refractivity (Wildman–Crippen MR) is 61.9 cm³/mol. The number of rotatable bonds is 3. The molecule has 86 valence electrons. The smallest absolute Gasteiger partial charge is 0.253 e. The van der Waals surface area contributed by atoms with Gasteiger partial charge in [-0.05, 0) is 30.5 Å². The summed E-state index contributed by atoms with van der Waals surface area (Å²) in [6.45, 7) is 1.20. The summed E-state index contributed by atoms with van der Waals surface area (Å²) in [5.74, 6) is -0.0574. The molecular weight excluding hydrogens is 204 g/mol. The van der Waals surface area contributed by atoms with E-state index >= 15 is 0 Å². The van der Waals surface area contributed by atoms with E-state index in [1.807, 2.05) is 24.3 Å². The number of hydrogen-bond acceptors (Lipinski definition) is 3. The fourth-order valence-corrected chi connectivity index (χ4v) is 1.73. The van der Waals surface area contributed by atoms with Gasteiger partial charge in [0.25, 0.3) is 5.91 Å². The number of ether oxygens (including phenoxy) is 1. The van der Waals surface area contributed by atoms with Crippen molar-refractivity contribution in [3.63, 3.8) is 0 Å².